The van der Waals surface area contributed by atoms with Gasteiger partial charge in [0.05, 0.1) is 32.0 Å². The Morgan fingerprint density at radius 1 is 1.23 bits per heavy atom. The summed E-state index contributed by atoms with van der Waals surface area (Å²) < 4.78 is 10.6. The first kappa shape index (κ1) is 23.1. The van der Waals surface area contributed by atoms with Crippen LogP contribution in [0.1, 0.15) is 21.5 Å². The number of methoxy groups -OCH3 is 1. The maximum absolute atomic E-state index is 12.7. The van der Waals surface area contributed by atoms with Crippen molar-refractivity contribution < 1.29 is 29.0 Å². The standard InChI is InChI=1S/C25H28N4O6/c1-34-24(33)29-14-25(15-29)23(32)27-20-10-17(6-7-21(20)35-25)22(31)26-11-19(30)13-28-9-8-16-4-2-3-5-18(16)12-28/h2-7,10,19,30H,8-9,11-15H2,1H3,(H,26,31)(H,27,32)/t19-/m0/s1. The van der Waals surface area contributed by atoms with Crippen molar-refractivity contribution in [1.82, 2.24) is 15.1 Å². The Morgan fingerprint density at radius 3 is 2.77 bits per heavy atom. The SMILES string of the molecule is COC(=O)N1CC2(C1)Oc1ccc(C(=O)NC[C@H](O)CN3CCc4ccccc4C3)cc1NC2=O. The van der Waals surface area contributed by atoms with Crippen LogP contribution in [0.2, 0.25) is 0 Å². The molecule has 35 heavy (non-hydrogen) atoms. The predicted octanol–water partition coefficient (Wildman–Crippen LogP) is 0.987. The number of carbonyl (C=O) groups is 3. The first-order valence-electron chi connectivity index (χ1n) is 11.6. The molecule has 3 heterocycles. The van der Waals surface area contributed by atoms with Crippen LogP contribution in [0.5, 0.6) is 5.75 Å². The van der Waals surface area contributed by atoms with E-state index in [4.69, 9.17) is 4.74 Å². The molecule has 2 aromatic carbocycles. The van der Waals surface area contributed by atoms with Gasteiger partial charge in [0.25, 0.3) is 11.8 Å². The maximum Gasteiger partial charge on any atom is 0.409 e. The van der Waals surface area contributed by atoms with Crippen molar-refractivity contribution in [2.45, 2.75) is 24.7 Å². The highest BCUT2D eigenvalue weighted by atomic mass is 16.6. The fraction of sp³-hybridized carbons (Fsp3) is 0.400. The summed E-state index contributed by atoms with van der Waals surface area (Å²) >= 11 is 0. The fourth-order valence-electron chi connectivity index (χ4n) is 4.77. The summed E-state index contributed by atoms with van der Waals surface area (Å²) in [5, 5.41) is 16.0. The Hall–Kier alpha value is -3.63. The van der Waals surface area contributed by atoms with Gasteiger partial charge < -0.3 is 25.2 Å². The van der Waals surface area contributed by atoms with Gasteiger partial charge in [-0.1, -0.05) is 24.3 Å². The first-order valence-corrected chi connectivity index (χ1v) is 11.6. The molecule has 0 bridgehead atoms. The lowest BCUT2D eigenvalue weighted by Gasteiger charge is -2.49. The quantitative estimate of drug-likeness (QED) is 0.584. The minimum Gasteiger partial charge on any atom is -0.471 e. The molecule has 0 unspecified atom stereocenters. The van der Waals surface area contributed by atoms with Crippen molar-refractivity contribution in [2.24, 2.45) is 0 Å². The zero-order valence-corrected chi connectivity index (χ0v) is 19.5. The van der Waals surface area contributed by atoms with Gasteiger partial charge in [0.1, 0.15) is 5.75 Å². The summed E-state index contributed by atoms with van der Waals surface area (Å²) in [7, 11) is 1.28. The van der Waals surface area contributed by atoms with Gasteiger partial charge in [0, 0.05) is 31.7 Å². The molecule has 10 nitrogen and oxygen atoms in total. The Balaban J connectivity index is 1.14. The summed E-state index contributed by atoms with van der Waals surface area (Å²) in [5.41, 5.74) is 2.20. The van der Waals surface area contributed by atoms with Gasteiger partial charge in [-0.2, -0.15) is 0 Å². The third-order valence-corrected chi connectivity index (χ3v) is 6.71. The van der Waals surface area contributed by atoms with Crippen LogP contribution in [0.4, 0.5) is 10.5 Å². The number of β-amino-alcohol motifs (C(OH)–C–C–N with tert-alkyl or cyclic N) is 1. The molecule has 3 amide bonds. The smallest absolute Gasteiger partial charge is 0.409 e. The molecule has 1 saturated heterocycles. The van der Waals surface area contributed by atoms with Gasteiger partial charge >= 0.3 is 6.09 Å². The van der Waals surface area contributed by atoms with Crippen LogP contribution < -0.4 is 15.4 Å². The highest BCUT2D eigenvalue weighted by molar-refractivity contribution is 6.04. The van der Waals surface area contributed by atoms with E-state index >= 15 is 0 Å². The number of aliphatic hydroxyl groups excluding tert-OH is 1. The van der Waals surface area contributed by atoms with Crippen LogP contribution >= 0.6 is 0 Å². The van der Waals surface area contributed by atoms with Crippen molar-refractivity contribution in [3.63, 3.8) is 0 Å². The van der Waals surface area contributed by atoms with Gasteiger partial charge in [-0.05, 0) is 35.7 Å². The van der Waals surface area contributed by atoms with E-state index in [0.29, 0.717) is 23.5 Å². The zero-order chi connectivity index (χ0) is 24.6. The fourth-order valence-corrected chi connectivity index (χ4v) is 4.77. The Bertz CT molecular complexity index is 1160. The van der Waals surface area contributed by atoms with Gasteiger partial charge in [-0.3, -0.25) is 19.4 Å². The number of likely N-dealkylation sites (tertiary alicyclic amines) is 1. The van der Waals surface area contributed by atoms with Crippen LogP contribution in [0.15, 0.2) is 42.5 Å². The molecule has 1 atom stereocenters. The van der Waals surface area contributed by atoms with Crippen molar-refractivity contribution >= 4 is 23.6 Å². The zero-order valence-electron chi connectivity index (χ0n) is 19.5. The predicted molar refractivity (Wildman–Crippen MR) is 126 cm³/mol. The number of nitrogens with one attached hydrogen (secondary N) is 2. The molecule has 0 aromatic heterocycles. The highest BCUT2D eigenvalue weighted by Gasteiger charge is 2.56. The average molecular weight is 481 g/mol. The molecule has 3 aliphatic heterocycles. The number of aliphatic hydroxyl groups is 1. The van der Waals surface area contributed by atoms with Crippen molar-refractivity contribution in [1.29, 1.82) is 0 Å². The Labute approximate surface area is 202 Å². The number of hydrogen-bond acceptors (Lipinski definition) is 7. The topological polar surface area (TPSA) is 120 Å². The first-order chi connectivity index (χ1) is 16.9. The van der Waals surface area contributed by atoms with E-state index in [1.807, 2.05) is 12.1 Å². The van der Waals surface area contributed by atoms with Crippen LogP contribution in [-0.2, 0) is 22.5 Å². The number of benzene rings is 2. The molecule has 1 spiro atoms. The molecule has 0 aliphatic carbocycles. The number of rotatable bonds is 5. The summed E-state index contributed by atoms with van der Waals surface area (Å²) in [6, 6.07) is 13.1. The van der Waals surface area contributed by atoms with Gasteiger partial charge in [-0.15, -0.1) is 0 Å². The molecule has 3 aliphatic rings. The highest BCUT2D eigenvalue weighted by Crippen LogP contribution is 2.38. The number of fused-ring (bicyclic) bond motifs is 2. The molecule has 1 fully saturated rings. The van der Waals surface area contributed by atoms with Gasteiger partial charge in [-0.25, -0.2) is 4.79 Å². The van der Waals surface area contributed by atoms with E-state index in [1.165, 1.54) is 23.1 Å². The third kappa shape index (κ3) is 4.54. The van der Waals surface area contributed by atoms with Crippen LogP contribution in [-0.4, -0.2) is 84.4 Å². The van der Waals surface area contributed by atoms with E-state index < -0.39 is 17.8 Å². The molecular weight excluding hydrogens is 452 g/mol. The van der Waals surface area contributed by atoms with E-state index in [0.717, 1.165) is 19.5 Å². The lowest BCUT2D eigenvalue weighted by atomic mass is 9.91. The molecule has 10 heteroatoms. The van der Waals surface area contributed by atoms with Crippen LogP contribution in [0.3, 0.4) is 0 Å². The second-order valence-corrected chi connectivity index (χ2v) is 9.21. The number of nitrogens with zero attached hydrogens (tertiary/aromatic N) is 2. The molecule has 5 rings (SSSR count). The molecule has 0 saturated carbocycles. The molecule has 2 aromatic rings. The van der Waals surface area contributed by atoms with Crippen molar-refractivity contribution in [3.05, 3.63) is 59.2 Å². The third-order valence-electron chi connectivity index (χ3n) is 6.71. The summed E-state index contributed by atoms with van der Waals surface area (Å²) in [6.45, 7) is 2.41. The lowest BCUT2D eigenvalue weighted by molar-refractivity contribution is -0.146. The largest absolute Gasteiger partial charge is 0.471 e. The Morgan fingerprint density at radius 2 is 2.00 bits per heavy atom. The van der Waals surface area contributed by atoms with E-state index in [2.05, 4.69) is 32.4 Å². The minimum atomic E-state index is -1.15. The van der Waals surface area contributed by atoms with Crippen molar-refractivity contribution in [3.8, 4) is 5.75 Å². The number of carbonyl (C=O) groups excluding carboxylic acids is 3. The van der Waals surface area contributed by atoms with Crippen LogP contribution in [0, 0.1) is 0 Å². The summed E-state index contributed by atoms with van der Waals surface area (Å²) in [4.78, 5) is 40.5. The second-order valence-electron chi connectivity index (χ2n) is 9.21. The number of amides is 3. The van der Waals surface area contributed by atoms with Gasteiger partial charge in [0.2, 0.25) is 5.60 Å². The summed E-state index contributed by atoms with van der Waals surface area (Å²) in [5.74, 6) is -0.303. The van der Waals surface area contributed by atoms with Crippen molar-refractivity contribution in [2.75, 3.05) is 45.2 Å². The van der Waals surface area contributed by atoms with E-state index in [1.54, 1.807) is 18.2 Å². The molecule has 0 radical (unpaired) electrons. The molecular formula is C25H28N4O6. The number of ether oxygens (including phenoxy) is 2. The van der Waals surface area contributed by atoms with Crippen LogP contribution in [0.25, 0.3) is 0 Å². The monoisotopic (exact) mass is 480 g/mol. The van der Waals surface area contributed by atoms with Gasteiger partial charge in [0.15, 0.2) is 0 Å². The Kier molecular flexibility index (Phi) is 6.08. The number of anilines is 1. The number of hydrogen-bond donors (Lipinski definition) is 3. The summed E-state index contributed by atoms with van der Waals surface area (Å²) in [6.07, 6.45) is -0.279. The van der Waals surface area contributed by atoms with E-state index in [-0.39, 0.29) is 31.4 Å². The normalized spacial score (nSPS) is 18.9. The average Bonchev–Trinajstić information content (AvgIpc) is 2.84. The van der Waals surface area contributed by atoms with E-state index in [9.17, 15) is 19.5 Å². The molecule has 184 valence electrons. The second kappa shape index (κ2) is 9.20. The maximum atomic E-state index is 12.7. The lowest BCUT2D eigenvalue weighted by Crippen LogP contribution is -2.72. The molecule has 3 N–H and O–H groups in total. The minimum absolute atomic E-state index is 0.0909.